The molecule has 2 heteroatoms. The van der Waals surface area contributed by atoms with Crippen LogP contribution in [-0.2, 0) is 4.43 Å². The highest BCUT2D eigenvalue weighted by molar-refractivity contribution is 6.90. The summed E-state index contributed by atoms with van der Waals surface area (Å²) in [5, 5.41) is 1.36. The average Bonchev–Trinajstić information content (AvgIpc) is 2.41. The molecule has 0 saturated heterocycles. The third kappa shape index (κ3) is 3.82. The molecule has 0 heterocycles. The molecule has 0 aliphatic carbocycles. The van der Waals surface area contributed by atoms with Crippen LogP contribution in [0.15, 0.2) is 42.6 Å². The molecule has 94 valence electrons. The lowest BCUT2D eigenvalue weighted by molar-refractivity contribution is 0.313. The number of hydrogen-bond acceptors (Lipinski definition) is 1. The van der Waals surface area contributed by atoms with Gasteiger partial charge in [-0.05, 0) is 17.7 Å². The fourth-order valence-electron chi connectivity index (χ4n) is 2.02. The Hall–Kier alpha value is -0.863. The highest BCUT2D eigenvalue weighted by Gasteiger charge is 2.32. The third-order valence-electron chi connectivity index (χ3n) is 3.06. The summed E-state index contributed by atoms with van der Waals surface area (Å²) in [6, 6.07) is 11.8. The Labute approximate surface area is 107 Å². The van der Waals surface area contributed by atoms with Gasteiger partial charge >= 0.3 is 0 Å². The minimum atomic E-state index is -1.92. The molecular formula is C15H24OSi. The van der Waals surface area contributed by atoms with E-state index in [2.05, 4.69) is 56.5 Å². The van der Waals surface area contributed by atoms with Crippen LogP contribution < -0.4 is 5.19 Å². The molecule has 1 atom stereocenters. The van der Waals surface area contributed by atoms with Gasteiger partial charge in [0, 0.05) is 6.61 Å². The fraction of sp³-hybridized carbons (Fsp3) is 0.467. The van der Waals surface area contributed by atoms with E-state index >= 15 is 0 Å². The molecule has 0 aromatic heterocycles. The number of hydrogen-bond donors (Lipinski definition) is 0. The van der Waals surface area contributed by atoms with Gasteiger partial charge in [0.25, 0.3) is 0 Å². The Bertz CT molecular complexity index is 313. The molecule has 0 aliphatic heterocycles. The van der Waals surface area contributed by atoms with Gasteiger partial charge in [0.05, 0.1) is 0 Å². The van der Waals surface area contributed by atoms with E-state index in [0.717, 1.165) is 19.1 Å². The maximum absolute atomic E-state index is 6.24. The number of benzene rings is 1. The summed E-state index contributed by atoms with van der Waals surface area (Å²) in [4.78, 5) is 0. The topological polar surface area (TPSA) is 9.23 Å². The van der Waals surface area contributed by atoms with Crippen LogP contribution in [0.3, 0.4) is 0 Å². The van der Waals surface area contributed by atoms with Crippen LogP contribution in [0.5, 0.6) is 0 Å². The van der Waals surface area contributed by atoms with Crippen LogP contribution in [0, 0.1) is 0 Å². The van der Waals surface area contributed by atoms with Gasteiger partial charge < -0.3 is 4.43 Å². The Morgan fingerprint density at radius 3 is 2.41 bits per heavy atom. The second-order valence-corrected chi connectivity index (χ2v) is 7.96. The van der Waals surface area contributed by atoms with Crippen molar-refractivity contribution in [2.45, 2.75) is 39.2 Å². The van der Waals surface area contributed by atoms with Crippen LogP contribution in [0.25, 0.3) is 0 Å². The summed E-state index contributed by atoms with van der Waals surface area (Å²) in [5.74, 6) is 0. The molecule has 0 N–H and O–H groups in total. The molecule has 1 nitrogen and oxygen atoms in total. The van der Waals surface area contributed by atoms with Crippen molar-refractivity contribution in [3.05, 3.63) is 42.6 Å². The summed E-state index contributed by atoms with van der Waals surface area (Å²) >= 11 is 0. The van der Waals surface area contributed by atoms with Crippen LogP contribution in [-0.4, -0.2) is 14.9 Å². The lowest BCUT2D eigenvalue weighted by Crippen LogP contribution is -2.49. The maximum Gasteiger partial charge on any atom is 0.248 e. The van der Waals surface area contributed by atoms with Crippen molar-refractivity contribution >= 4 is 13.5 Å². The van der Waals surface area contributed by atoms with Gasteiger partial charge in [-0.25, -0.2) is 0 Å². The van der Waals surface area contributed by atoms with E-state index in [9.17, 15) is 0 Å². The normalized spacial score (nSPS) is 14.2. The molecule has 17 heavy (non-hydrogen) atoms. The molecule has 0 fully saturated rings. The van der Waals surface area contributed by atoms with Crippen molar-refractivity contribution in [3.8, 4) is 0 Å². The second kappa shape index (κ2) is 7.46. The summed E-state index contributed by atoms with van der Waals surface area (Å²) in [6.45, 7) is 9.29. The Kier molecular flexibility index (Phi) is 6.23. The molecule has 1 aromatic rings. The quantitative estimate of drug-likeness (QED) is 0.636. The minimum absolute atomic E-state index is 0.844. The predicted octanol–water partition coefficient (Wildman–Crippen LogP) is 3.79. The van der Waals surface area contributed by atoms with E-state index in [1.165, 1.54) is 18.0 Å². The summed E-state index contributed by atoms with van der Waals surface area (Å²) < 4.78 is 6.24. The van der Waals surface area contributed by atoms with Gasteiger partial charge in [0.2, 0.25) is 8.32 Å². The monoisotopic (exact) mass is 248 g/mol. The van der Waals surface area contributed by atoms with E-state index in [1.54, 1.807) is 0 Å². The summed E-state index contributed by atoms with van der Waals surface area (Å²) in [5.41, 5.74) is 2.10. The molecule has 0 aliphatic rings. The zero-order chi connectivity index (χ0) is 12.6. The Morgan fingerprint density at radius 1 is 1.18 bits per heavy atom. The Morgan fingerprint density at radius 2 is 1.88 bits per heavy atom. The van der Waals surface area contributed by atoms with Gasteiger partial charge in [-0.15, -0.1) is 6.58 Å². The molecule has 1 aromatic carbocycles. The van der Waals surface area contributed by atoms with Gasteiger partial charge in [-0.2, -0.15) is 0 Å². The van der Waals surface area contributed by atoms with Crippen LogP contribution in [0.2, 0.25) is 6.04 Å². The minimum Gasteiger partial charge on any atom is -0.409 e. The molecule has 0 amide bonds. The number of rotatable bonds is 8. The largest absolute Gasteiger partial charge is 0.409 e. The first-order chi connectivity index (χ1) is 8.29. The fourth-order valence-corrected chi connectivity index (χ4v) is 5.38. The van der Waals surface area contributed by atoms with E-state index in [0.29, 0.717) is 0 Å². The van der Waals surface area contributed by atoms with Crippen molar-refractivity contribution in [1.29, 1.82) is 0 Å². The maximum atomic E-state index is 6.24. The SMILES string of the molecule is C=C[Si](CCCC)(OCCC)c1ccccc1. The van der Waals surface area contributed by atoms with Gasteiger partial charge in [0.1, 0.15) is 0 Å². The molecule has 0 spiro atoms. The average molecular weight is 248 g/mol. The van der Waals surface area contributed by atoms with E-state index < -0.39 is 8.32 Å². The van der Waals surface area contributed by atoms with E-state index in [1.807, 2.05) is 0 Å². The zero-order valence-corrected chi connectivity index (χ0v) is 12.1. The first-order valence-electron chi connectivity index (χ1n) is 6.62. The Balaban J connectivity index is 2.93. The van der Waals surface area contributed by atoms with Gasteiger partial charge in [-0.3, -0.25) is 0 Å². The molecule has 0 bridgehead atoms. The van der Waals surface area contributed by atoms with Crippen molar-refractivity contribution in [2.75, 3.05) is 6.61 Å². The standard InChI is InChI=1S/C15H24OSi/c1-4-7-14-17(6-3,16-13-5-2)15-11-9-8-10-12-15/h6,8-12H,3-5,7,13-14H2,1-2H3. The molecular weight excluding hydrogens is 224 g/mol. The predicted molar refractivity (Wildman–Crippen MR) is 78.0 cm³/mol. The van der Waals surface area contributed by atoms with Crippen molar-refractivity contribution < 1.29 is 4.43 Å². The number of unbranched alkanes of at least 4 members (excludes halogenated alkanes) is 1. The molecule has 1 unspecified atom stereocenters. The van der Waals surface area contributed by atoms with Crippen molar-refractivity contribution in [2.24, 2.45) is 0 Å². The summed E-state index contributed by atoms with van der Waals surface area (Å²) in [7, 11) is -1.92. The zero-order valence-electron chi connectivity index (χ0n) is 11.1. The lowest BCUT2D eigenvalue weighted by Gasteiger charge is -2.28. The highest BCUT2D eigenvalue weighted by Crippen LogP contribution is 2.17. The van der Waals surface area contributed by atoms with E-state index in [4.69, 9.17) is 4.43 Å². The van der Waals surface area contributed by atoms with Crippen LogP contribution >= 0.6 is 0 Å². The van der Waals surface area contributed by atoms with Crippen molar-refractivity contribution in [3.63, 3.8) is 0 Å². The third-order valence-corrected chi connectivity index (χ3v) is 6.84. The first kappa shape index (κ1) is 14.2. The summed E-state index contributed by atoms with van der Waals surface area (Å²) in [6.07, 6.45) is 3.50. The lowest BCUT2D eigenvalue weighted by atomic mass is 10.4. The van der Waals surface area contributed by atoms with Gasteiger partial charge in [0.15, 0.2) is 0 Å². The van der Waals surface area contributed by atoms with Gasteiger partial charge in [-0.1, -0.05) is 62.7 Å². The van der Waals surface area contributed by atoms with E-state index in [-0.39, 0.29) is 0 Å². The van der Waals surface area contributed by atoms with Crippen LogP contribution in [0.4, 0.5) is 0 Å². The second-order valence-electron chi connectivity index (χ2n) is 4.41. The van der Waals surface area contributed by atoms with Crippen molar-refractivity contribution in [1.82, 2.24) is 0 Å². The molecule has 0 radical (unpaired) electrons. The highest BCUT2D eigenvalue weighted by atomic mass is 28.4. The molecule has 1 rings (SSSR count). The first-order valence-corrected chi connectivity index (χ1v) is 8.81. The van der Waals surface area contributed by atoms with Crippen LogP contribution in [0.1, 0.15) is 33.1 Å². The smallest absolute Gasteiger partial charge is 0.248 e. The molecule has 0 saturated carbocycles.